The zero-order chi connectivity index (χ0) is 15.8. The quantitative estimate of drug-likeness (QED) is 0.854. The van der Waals surface area contributed by atoms with Gasteiger partial charge in [0.25, 0.3) is 0 Å². The maximum Gasteiger partial charge on any atom is 0.246 e. The van der Waals surface area contributed by atoms with E-state index < -0.39 is 21.9 Å². The van der Waals surface area contributed by atoms with E-state index in [2.05, 4.69) is 15.9 Å². The number of aliphatic hydroxyl groups is 1. The third-order valence-electron chi connectivity index (χ3n) is 3.40. The minimum absolute atomic E-state index is 0.00363. The molecule has 0 saturated carbocycles. The van der Waals surface area contributed by atoms with Crippen LogP contribution < -0.4 is 0 Å². The van der Waals surface area contributed by atoms with E-state index in [-0.39, 0.29) is 17.5 Å². The van der Waals surface area contributed by atoms with Crippen LogP contribution in [-0.2, 0) is 10.0 Å². The van der Waals surface area contributed by atoms with Crippen molar-refractivity contribution < 1.29 is 17.9 Å². The van der Waals surface area contributed by atoms with Gasteiger partial charge in [0.15, 0.2) is 0 Å². The summed E-state index contributed by atoms with van der Waals surface area (Å²) in [7, 11) is -0.305. The lowest BCUT2D eigenvalue weighted by molar-refractivity contribution is 0.188. The molecule has 2 unspecified atom stereocenters. The molecule has 1 N–H and O–H groups in total. The van der Waals surface area contributed by atoms with E-state index in [1.165, 1.54) is 16.4 Å². The van der Waals surface area contributed by atoms with E-state index in [9.17, 15) is 17.9 Å². The van der Waals surface area contributed by atoms with Gasteiger partial charge in [-0.15, -0.1) is 0 Å². The van der Waals surface area contributed by atoms with Gasteiger partial charge >= 0.3 is 0 Å². The maximum atomic E-state index is 14.0. The lowest BCUT2D eigenvalue weighted by atomic mass is 10.2. The molecule has 1 aliphatic rings. The predicted octanol–water partition coefficient (Wildman–Crippen LogP) is 1.27. The Bertz CT molecular complexity index is 624. The third kappa shape index (κ3) is 3.62. The highest BCUT2D eigenvalue weighted by atomic mass is 79.9. The van der Waals surface area contributed by atoms with Crippen LogP contribution in [0.25, 0.3) is 0 Å². The van der Waals surface area contributed by atoms with Crippen LogP contribution >= 0.6 is 15.9 Å². The molecule has 1 aromatic rings. The lowest BCUT2D eigenvalue weighted by Crippen LogP contribution is -2.41. The summed E-state index contributed by atoms with van der Waals surface area (Å²) in [6.45, 7) is 0.477. The number of hydrogen-bond acceptors (Lipinski definition) is 4. The first kappa shape index (κ1) is 16.8. The van der Waals surface area contributed by atoms with Crippen molar-refractivity contribution in [1.29, 1.82) is 0 Å². The zero-order valence-electron chi connectivity index (χ0n) is 11.8. The maximum absolute atomic E-state index is 14.0. The molecule has 2 rings (SSSR count). The third-order valence-corrected chi connectivity index (χ3v) is 5.84. The first-order valence-corrected chi connectivity index (χ1v) is 8.75. The summed E-state index contributed by atoms with van der Waals surface area (Å²) in [5.74, 6) is -0.797. The number of nitrogens with zero attached hydrogens (tertiary/aromatic N) is 2. The molecule has 0 aromatic heterocycles. The van der Waals surface area contributed by atoms with E-state index in [4.69, 9.17) is 0 Å². The molecule has 0 aliphatic carbocycles. The van der Waals surface area contributed by atoms with E-state index in [0.717, 1.165) is 6.07 Å². The predicted molar refractivity (Wildman–Crippen MR) is 81.0 cm³/mol. The van der Waals surface area contributed by atoms with Crippen molar-refractivity contribution in [2.45, 2.75) is 23.5 Å². The molecule has 1 heterocycles. The van der Waals surface area contributed by atoms with Gasteiger partial charge in [-0.3, -0.25) is 0 Å². The topological polar surface area (TPSA) is 60.9 Å². The molecule has 8 heteroatoms. The van der Waals surface area contributed by atoms with E-state index >= 15 is 0 Å². The Hall–Kier alpha value is -0.540. The van der Waals surface area contributed by atoms with Gasteiger partial charge in [0.1, 0.15) is 10.7 Å². The molecule has 1 aliphatic heterocycles. The van der Waals surface area contributed by atoms with Gasteiger partial charge in [0, 0.05) is 23.6 Å². The van der Waals surface area contributed by atoms with Crippen molar-refractivity contribution in [3.05, 3.63) is 28.5 Å². The smallest absolute Gasteiger partial charge is 0.246 e. The second kappa shape index (κ2) is 6.29. The van der Waals surface area contributed by atoms with Gasteiger partial charge in [-0.1, -0.05) is 15.9 Å². The molecule has 118 valence electrons. The van der Waals surface area contributed by atoms with Crippen molar-refractivity contribution in [3.63, 3.8) is 0 Å². The van der Waals surface area contributed by atoms with E-state index in [0.29, 0.717) is 17.4 Å². The summed E-state index contributed by atoms with van der Waals surface area (Å²) in [6, 6.07) is 3.50. The number of halogens is 2. The van der Waals surface area contributed by atoms with E-state index in [1.807, 2.05) is 19.0 Å². The van der Waals surface area contributed by atoms with Gasteiger partial charge in [-0.05, 0) is 38.7 Å². The molecule has 1 saturated heterocycles. The molecule has 2 atom stereocenters. The summed E-state index contributed by atoms with van der Waals surface area (Å²) in [5, 5.41) is 9.78. The number of aliphatic hydroxyl groups excluding tert-OH is 1. The number of hydrogen-bond donors (Lipinski definition) is 1. The molecular formula is C13H18BrFN2O3S. The number of rotatable bonds is 4. The molecule has 5 nitrogen and oxygen atoms in total. The van der Waals surface area contributed by atoms with Gasteiger partial charge in [-0.2, -0.15) is 4.31 Å². The molecule has 21 heavy (non-hydrogen) atoms. The number of β-amino-alcohol motifs (C(OH)–C–C–N with tert-alkyl or cyclic N) is 1. The summed E-state index contributed by atoms with van der Waals surface area (Å²) in [6.07, 6.45) is -0.363. The molecule has 1 aromatic carbocycles. The Morgan fingerprint density at radius 2 is 2.14 bits per heavy atom. The Morgan fingerprint density at radius 1 is 1.48 bits per heavy atom. The van der Waals surface area contributed by atoms with Crippen molar-refractivity contribution in [2.24, 2.45) is 0 Å². The zero-order valence-corrected chi connectivity index (χ0v) is 14.2. The van der Waals surface area contributed by atoms with Crippen LogP contribution in [0.4, 0.5) is 4.39 Å². The Balaban J connectivity index is 2.37. The average Bonchev–Trinajstić information content (AvgIpc) is 2.69. The van der Waals surface area contributed by atoms with E-state index in [1.54, 1.807) is 0 Å². The van der Waals surface area contributed by atoms with Crippen LogP contribution in [0.15, 0.2) is 27.6 Å². The Labute approximate surface area is 132 Å². The van der Waals surface area contributed by atoms with Crippen LogP contribution in [0, 0.1) is 5.82 Å². The summed E-state index contributed by atoms with van der Waals surface area (Å²) in [4.78, 5) is 1.49. The Morgan fingerprint density at radius 3 is 2.71 bits per heavy atom. The summed E-state index contributed by atoms with van der Waals surface area (Å²) in [5.41, 5.74) is 0. The highest BCUT2D eigenvalue weighted by molar-refractivity contribution is 9.10. The van der Waals surface area contributed by atoms with Crippen molar-refractivity contribution >= 4 is 26.0 Å². The standard InChI is InChI=1S/C13H18BrFN2O3S/c1-16(2)7-10-6-11(18)8-17(10)21(19,20)13-4-3-9(14)5-12(13)15/h3-5,10-11,18H,6-8H2,1-2H3. The second-order valence-electron chi connectivity index (χ2n) is 5.46. The summed E-state index contributed by atoms with van der Waals surface area (Å²) >= 11 is 3.11. The van der Waals surface area contributed by atoms with Gasteiger partial charge < -0.3 is 10.0 Å². The normalized spacial score (nSPS) is 23.9. The Kier molecular flexibility index (Phi) is 5.04. The number of benzene rings is 1. The first-order chi connectivity index (χ1) is 9.71. The van der Waals surface area contributed by atoms with Crippen LogP contribution in [0.5, 0.6) is 0 Å². The minimum Gasteiger partial charge on any atom is -0.392 e. The average molecular weight is 381 g/mol. The SMILES string of the molecule is CN(C)CC1CC(O)CN1S(=O)(=O)c1ccc(Br)cc1F. The molecule has 0 radical (unpaired) electrons. The van der Waals surface area contributed by atoms with Gasteiger partial charge in [-0.25, -0.2) is 12.8 Å². The van der Waals surface area contributed by atoms with Crippen LogP contribution in [-0.4, -0.2) is 62.1 Å². The molecule has 0 bridgehead atoms. The highest BCUT2D eigenvalue weighted by Crippen LogP contribution is 2.29. The van der Waals surface area contributed by atoms with Gasteiger partial charge in [0.05, 0.1) is 6.10 Å². The van der Waals surface area contributed by atoms with Crippen molar-refractivity contribution in [3.8, 4) is 0 Å². The molecule has 0 spiro atoms. The minimum atomic E-state index is -3.96. The van der Waals surface area contributed by atoms with Crippen LogP contribution in [0.2, 0.25) is 0 Å². The lowest BCUT2D eigenvalue weighted by Gasteiger charge is -2.26. The number of sulfonamides is 1. The first-order valence-electron chi connectivity index (χ1n) is 6.51. The molecule has 1 fully saturated rings. The molecular weight excluding hydrogens is 363 g/mol. The second-order valence-corrected chi connectivity index (χ2v) is 8.23. The fourth-order valence-electron chi connectivity index (χ4n) is 2.56. The fourth-order valence-corrected chi connectivity index (χ4v) is 4.60. The summed E-state index contributed by atoms with van der Waals surface area (Å²) < 4.78 is 40.9. The van der Waals surface area contributed by atoms with Gasteiger partial charge in [0.2, 0.25) is 10.0 Å². The van der Waals surface area contributed by atoms with Crippen molar-refractivity contribution in [1.82, 2.24) is 9.21 Å². The van der Waals surface area contributed by atoms with Crippen molar-refractivity contribution in [2.75, 3.05) is 27.2 Å². The van der Waals surface area contributed by atoms with Crippen LogP contribution in [0.1, 0.15) is 6.42 Å². The fraction of sp³-hybridized carbons (Fsp3) is 0.538. The van der Waals surface area contributed by atoms with Crippen LogP contribution in [0.3, 0.4) is 0 Å². The highest BCUT2D eigenvalue weighted by Gasteiger charge is 2.40. The largest absolute Gasteiger partial charge is 0.392 e. The molecule has 0 amide bonds. The monoisotopic (exact) mass is 380 g/mol. The number of likely N-dealkylation sites (N-methyl/N-ethyl adjacent to an activating group) is 1.